The van der Waals surface area contributed by atoms with Gasteiger partial charge in [-0.25, -0.2) is 4.79 Å². The van der Waals surface area contributed by atoms with E-state index >= 15 is 0 Å². The van der Waals surface area contributed by atoms with Gasteiger partial charge in [0.2, 0.25) is 11.8 Å². The standard InChI is InChI=1S/C17H22N4O3/c1-10(2)16(23)21-7-5-11(6-8-21)15(22)18-12-3-4-13-14(9-12)20-17(24)19-13/h3-4,9-11H,5-8H2,1-2H3,(H,18,22)(H2,19,20,24). The molecule has 1 aliphatic heterocycles. The molecule has 3 N–H and O–H groups in total. The molecule has 0 radical (unpaired) electrons. The van der Waals surface area contributed by atoms with E-state index in [1.807, 2.05) is 18.7 Å². The highest BCUT2D eigenvalue weighted by atomic mass is 16.2. The van der Waals surface area contributed by atoms with Crippen LogP contribution in [0.2, 0.25) is 0 Å². The molecule has 0 saturated carbocycles. The summed E-state index contributed by atoms with van der Waals surface area (Å²) < 4.78 is 0. The van der Waals surface area contributed by atoms with E-state index in [1.54, 1.807) is 18.2 Å². The number of likely N-dealkylation sites (tertiary alicyclic amines) is 1. The molecule has 1 aromatic heterocycles. The molecule has 1 saturated heterocycles. The Labute approximate surface area is 139 Å². The fourth-order valence-corrected chi connectivity index (χ4v) is 3.08. The smallest absolute Gasteiger partial charge is 0.323 e. The number of hydrogen-bond donors (Lipinski definition) is 3. The zero-order valence-corrected chi connectivity index (χ0v) is 13.9. The lowest BCUT2D eigenvalue weighted by Crippen LogP contribution is -2.43. The fourth-order valence-electron chi connectivity index (χ4n) is 3.08. The van der Waals surface area contributed by atoms with Crippen LogP contribution in [0.1, 0.15) is 26.7 Å². The second-order valence-corrected chi connectivity index (χ2v) is 6.58. The molecule has 0 spiro atoms. The fraction of sp³-hybridized carbons (Fsp3) is 0.471. The summed E-state index contributed by atoms with van der Waals surface area (Å²) >= 11 is 0. The maximum Gasteiger partial charge on any atom is 0.323 e. The molecule has 1 aliphatic rings. The summed E-state index contributed by atoms with van der Waals surface area (Å²) in [4.78, 5) is 42.9. The molecule has 1 aromatic carbocycles. The average Bonchev–Trinajstić information content (AvgIpc) is 2.93. The normalized spacial score (nSPS) is 15.9. The second kappa shape index (κ2) is 6.51. The van der Waals surface area contributed by atoms with E-state index in [-0.39, 0.29) is 29.3 Å². The second-order valence-electron chi connectivity index (χ2n) is 6.58. The van der Waals surface area contributed by atoms with Crippen molar-refractivity contribution in [1.82, 2.24) is 14.9 Å². The summed E-state index contributed by atoms with van der Waals surface area (Å²) in [6.45, 7) is 5.03. The van der Waals surface area contributed by atoms with Gasteiger partial charge in [0.25, 0.3) is 0 Å². The molecule has 0 aliphatic carbocycles. The molecule has 0 bridgehead atoms. The minimum absolute atomic E-state index is 0.00869. The molecule has 2 heterocycles. The number of amides is 2. The number of hydrogen-bond acceptors (Lipinski definition) is 3. The quantitative estimate of drug-likeness (QED) is 0.798. The van der Waals surface area contributed by atoms with E-state index in [4.69, 9.17) is 0 Å². The van der Waals surface area contributed by atoms with Crippen molar-refractivity contribution in [3.8, 4) is 0 Å². The van der Waals surface area contributed by atoms with E-state index < -0.39 is 0 Å². The van der Waals surface area contributed by atoms with Gasteiger partial charge in [0.1, 0.15) is 0 Å². The summed E-state index contributed by atoms with van der Waals surface area (Å²) in [6.07, 6.45) is 1.35. The van der Waals surface area contributed by atoms with E-state index in [1.165, 1.54) is 0 Å². The van der Waals surface area contributed by atoms with Gasteiger partial charge in [0.15, 0.2) is 0 Å². The summed E-state index contributed by atoms with van der Waals surface area (Å²) in [7, 11) is 0. The molecule has 7 heteroatoms. The van der Waals surface area contributed by atoms with Crippen LogP contribution in [0.15, 0.2) is 23.0 Å². The molecule has 24 heavy (non-hydrogen) atoms. The first-order valence-electron chi connectivity index (χ1n) is 8.26. The van der Waals surface area contributed by atoms with Crippen LogP contribution in [-0.4, -0.2) is 39.8 Å². The molecule has 2 aromatic rings. The number of carbonyl (C=O) groups is 2. The number of fused-ring (bicyclic) bond motifs is 1. The molecule has 7 nitrogen and oxygen atoms in total. The highest BCUT2D eigenvalue weighted by molar-refractivity contribution is 5.94. The SMILES string of the molecule is CC(C)C(=O)N1CCC(C(=O)Nc2ccc3[nH]c(=O)[nH]c3c2)CC1. The molecule has 1 fully saturated rings. The molecule has 128 valence electrons. The first-order valence-corrected chi connectivity index (χ1v) is 8.26. The maximum absolute atomic E-state index is 12.4. The van der Waals surface area contributed by atoms with Crippen LogP contribution in [-0.2, 0) is 9.59 Å². The van der Waals surface area contributed by atoms with Crippen molar-refractivity contribution in [2.45, 2.75) is 26.7 Å². The van der Waals surface area contributed by atoms with Crippen LogP contribution < -0.4 is 11.0 Å². The predicted molar refractivity (Wildman–Crippen MR) is 91.7 cm³/mol. The molecule has 0 unspecified atom stereocenters. The zero-order chi connectivity index (χ0) is 17.3. The van der Waals surface area contributed by atoms with Gasteiger partial charge in [0, 0.05) is 30.6 Å². The minimum atomic E-state index is -0.268. The largest absolute Gasteiger partial charge is 0.342 e. The molecular formula is C17H22N4O3. The summed E-state index contributed by atoms with van der Waals surface area (Å²) in [5.41, 5.74) is 1.76. The number of piperidine rings is 1. The number of aromatic amines is 2. The number of H-pyrrole nitrogens is 2. The summed E-state index contributed by atoms with van der Waals surface area (Å²) in [6, 6.07) is 5.26. The molecule has 0 atom stereocenters. The lowest BCUT2D eigenvalue weighted by Gasteiger charge is -2.32. The Morgan fingerprint density at radius 2 is 1.83 bits per heavy atom. The zero-order valence-electron chi connectivity index (χ0n) is 13.9. The van der Waals surface area contributed by atoms with Crippen molar-refractivity contribution in [2.75, 3.05) is 18.4 Å². The van der Waals surface area contributed by atoms with Crippen LogP contribution >= 0.6 is 0 Å². The number of rotatable bonds is 3. The van der Waals surface area contributed by atoms with E-state index in [0.29, 0.717) is 42.7 Å². The number of imidazole rings is 1. The lowest BCUT2D eigenvalue weighted by atomic mass is 9.95. The van der Waals surface area contributed by atoms with Crippen molar-refractivity contribution in [3.63, 3.8) is 0 Å². The Hall–Kier alpha value is -2.57. The van der Waals surface area contributed by atoms with Crippen LogP contribution in [0, 0.1) is 11.8 Å². The van der Waals surface area contributed by atoms with E-state index in [0.717, 1.165) is 0 Å². The third kappa shape index (κ3) is 3.34. The van der Waals surface area contributed by atoms with Gasteiger partial charge < -0.3 is 20.2 Å². The first kappa shape index (κ1) is 16.3. The van der Waals surface area contributed by atoms with Crippen LogP contribution in [0.3, 0.4) is 0 Å². The summed E-state index contributed by atoms with van der Waals surface area (Å²) in [5, 5.41) is 2.90. The van der Waals surface area contributed by atoms with Crippen molar-refractivity contribution < 1.29 is 9.59 Å². The Balaban J connectivity index is 1.61. The Morgan fingerprint density at radius 1 is 1.17 bits per heavy atom. The number of anilines is 1. The van der Waals surface area contributed by atoms with Crippen LogP contribution in [0.4, 0.5) is 5.69 Å². The van der Waals surface area contributed by atoms with Gasteiger partial charge in [-0.15, -0.1) is 0 Å². The van der Waals surface area contributed by atoms with Gasteiger partial charge in [-0.1, -0.05) is 13.8 Å². The monoisotopic (exact) mass is 330 g/mol. The van der Waals surface area contributed by atoms with Crippen LogP contribution in [0.5, 0.6) is 0 Å². The van der Waals surface area contributed by atoms with Crippen molar-refractivity contribution in [3.05, 3.63) is 28.7 Å². The highest BCUT2D eigenvalue weighted by Gasteiger charge is 2.28. The maximum atomic E-state index is 12.4. The van der Waals surface area contributed by atoms with Gasteiger partial charge in [-0.3, -0.25) is 9.59 Å². The predicted octanol–water partition coefficient (Wildman–Crippen LogP) is 1.69. The lowest BCUT2D eigenvalue weighted by molar-refractivity contribution is -0.137. The van der Waals surface area contributed by atoms with Crippen molar-refractivity contribution in [1.29, 1.82) is 0 Å². The van der Waals surface area contributed by atoms with Crippen molar-refractivity contribution >= 4 is 28.5 Å². The third-order valence-corrected chi connectivity index (χ3v) is 4.45. The highest BCUT2D eigenvalue weighted by Crippen LogP contribution is 2.22. The Kier molecular flexibility index (Phi) is 4.42. The molecule has 3 rings (SSSR count). The van der Waals surface area contributed by atoms with Gasteiger partial charge in [-0.05, 0) is 31.0 Å². The average molecular weight is 330 g/mol. The van der Waals surface area contributed by atoms with Gasteiger partial charge in [-0.2, -0.15) is 0 Å². The minimum Gasteiger partial charge on any atom is -0.342 e. The van der Waals surface area contributed by atoms with Crippen molar-refractivity contribution in [2.24, 2.45) is 11.8 Å². The first-order chi connectivity index (χ1) is 11.4. The topological polar surface area (TPSA) is 98.1 Å². The number of aromatic nitrogens is 2. The van der Waals surface area contributed by atoms with Gasteiger partial charge >= 0.3 is 5.69 Å². The van der Waals surface area contributed by atoms with E-state index in [2.05, 4.69) is 15.3 Å². The number of nitrogens with zero attached hydrogens (tertiary/aromatic N) is 1. The summed E-state index contributed by atoms with van der Waals surface area (Å²) in [5.74, 6) is 0.00685. The molecular weight excluding hydrogens is 308 g/mol. The Morgan fingerprint density at radius 3 is 2.50 bits per heavy atom. The number of nitrogens with one attached hydrogen (secondary N) is 3. The van der Waals surface area contributed by atoms with Gasteiger partial charge in [0.05, 0.1) is 11.0 Å². The molecule has 2 amide bonds. The Bertz CT molecular complexity index is 813. The van der Waals surface area contributed by atoms with Crippen LogP contribution in [0.25, 0.3) is 11.0 Å². The third-order valence-electron chi connectivity index (χ3n) is 4.45. The number of carbonyl (C=O) groups excluding carboxylic acids is 2. The number of benzene rings is 1. The van der Waals surface area contributed by atoms with E-state index in [9.17, 15) is 14.4 Å².